The molecule has 3 N–H and O–H groups in total. The number of anilines is 2. The van der Waals surface area contributed by atoms with Crippen LogP contribution in [0.15, 0.2) is 46.0 Å². The van der Waals surface area contributed by atoms with Crippen molar-refractivity contribution in [3.05, 3.63) is 46.7 Å². The van der Waals surface area contributed by atoms with E-state index in [1.165, 1.54) is 18.5 Å². The molecule has 0 fully saturated rings. The number of nitrogens with zero attached hydrogens (tertiary/aromatic N) is 1. The van der Waals surface area contributed by atoms with Crippen LogP contribution in [0.2, 0.25) is 0 Å². The highest BCUT2D eigenvalue weighted by Crippen LogP contribution is 2.22. The molecule has 0 unspecified atom stereocenters. The lowest BCUT2D eigenvalue weighted by atomic mass is 10.2. The molecular formula is C12H12BrN3O2S. The molecule has 0 atom stereocenters. The molecule has 19 heavy (non-hydrogen) atoms. The number of benzene rings is 1. The van der Waals surface area contributed by atoms with Crippen LogP contribution < -0.4 is 10.5 Å². The fraction of sp³-hybridized carbons (Fsp3) is 0.0833. The van der Waals surface area contributed by atoms with Crippen molar-refractivity contribution in [1.82, 2.24) is 4.98 Å². The summed E-state index contributed by atoms with van der Waals surface area (Å²) >= 11 is 3.19. The van der Waals surface area contributed by atoms with Crippen LogP contribution in [0.25, 0.3) is 0 Å². The van der Waals surface area contributed by atoms with Gasteiger partial charge in [-0.3, -0.25) is 9.71 Å². The smallest absolute Gasteiger partial charge is 0.263 e. The number of rotatable bonds is 3. The third kappa shape index (κ3) is 3.24. The maximum Gasteiger partial charge on any atom is 0.263 e. The predicted octanol–water partition coefficient (Wildman–Crippen LogP) is 2.54. The Labute approximate surface area is 120 Å². The van der Waals surface area contributed by atoms with Gasteiger partial charge in [-0.05, 0) is 46.6 Å². The molecule has 0 spiro atoms. The van der Waals surface area contributed by atoms with E-state index in [1.54, 1.807) is 25.1 Å². The van der Waals surface area contributed by atoms with Crippen LogP contribution in [0.1, 0.15) is 5.56 Å². The van der Waals surface area contributed by atoms with Crippen molar-refractivity contribution in [2.45, 2.75) is 11.8 Å². The first-order valence-corrected chi connectivity index (χ1v) is 7.65. The average molecular weight is 342 g/mol. The molecule has 0 aliphatic rings. The molecule has 0 radical (unpaired) electrons. The van der Waals surface area contributed by atoms with E-state index in [9.17, 15) is 8.42 Å². The van der Waals surface area contributed by atoms with Gasteiger partial charge in [-0.1, -0.05) is 6.07 Å². The summed E-state index contributed by atoms with van der Waals surface area (Å²) in [6, 6.07) is 6.54. The van der Waals surface area contributed by atoms with Gasteiger partial charge >= 0.3 is 0 Å². The van der Waals surface area contributed by atoms with E-state index in [4.69, 9.17) is 5.73 Å². The predicted molar refractivity (Wildman–Crippen MR) is 78.3 cm³/mol. The molecule has 7 heteroatoms. The zero-order valence-corrected chi connectivity index (χ0v) is 12.5. The summed E-state index contributed by atoms with van der Waals surface area (Å²) in [7, 11) is -3.67. The second kappa shape index (κ2) is 5.18. The van der Waals surface area contributed by atoms with Crippen LogP contribution in [-0.2, 0) is 10.0 Å². The Kier molecular flexibility index (Phi) is 3.77. The third-order valence-electron chi connectivity index (χ3n) is 2.50. The monoisotopic (exact) mass is 341 g/mol. The molecule has 100 valence electrons. The van der Waals surface area contributed by atoms with Gasteiger partial charge in [0.25, 0.3) is 10.0 Å². The van der Waals surface area contributed by atoms with Gasteiger partial charge in [-0.15, -0.1) is 0 Å². The maximum atomic E-state index is 12.2. The molecule has 1 heterocycles. The lowest BCUT2D eigenvalue weighted by Gasteiger charge is -2.11. The molecule has 0 saturated heterocycles. The first kappa shape index (κ1) is 13.8. The van der Waals surface area contributed by atoms with Crippen LogP contribution in [-0.4, -0.2) is 13.4 Å². The van der Waals surface area contributed by atoms with Crippen molar-refractivity contribution >= 4 is 37.3 Å². The highest BCUT2D eigenvalue weighted by atomic mass is 79.9. The van der Waals surface area contributed by atoms with Crippen molar-refractivity contribution in [3.8, 4) is 0 Å². The van der Waals surface area contributed by atoms with Crippen molar-refractivity contribution in [3.63, 3.8) is 0 Å². The maximum absolute atomic E-state index is 12.2. The Hall–Kier alpha value is -1.60. The minimum atomic E-state index is -3.67. The number of aryl methyl sites for hydroxylation is 1. The van der Waals surface area contributed by atoms with E-state index < -0.39 is 10.0 Å². The van der Waals surface area contributed by atoms with Crippen LogP contribution in [0, 0.1) is 6.92 Å². The molecule has 1 aromatic carbocycles. The highest BCUT2D eigenvalue weighted by Gasteiger charge is 2.16. The Morgan fingerprint density at radius 2 is 2.00 bits per heavy atom. The van der Waals surface area contributed by atoms with E-state index >= 15 is 0 Å². The molecule has 5 nitrogen and oxygen atoms in total. The zero-order chi connectivity index (χ0) is 14.0. The van der Waals surface area contributed by atoms with Crippen molar-refractivity contribution in [1.29, 1.82) is 0 Å². The summed E-state index contributed by atoms with van der Waals surface area (Å²) in [6.07, 6.45) is 2.81. The van der Waals surface area contributed by atoms with Crippen molar-refractivity contribution in [2.75, 3.05) is 10.5 Å². The largest absolute Gasteiger partial charge is 0.399 e. The molecule has 2 rings (SSSR count). The van der Waals surface area contributed by atoms with Gasteiger partial charge in [0.15, 0.2) is 0 Å². The summed E-state index contributed by atoms with van der Waals surface area (Å²) < 4.78 is 27.5. The number of halogens is 1. The minimum absolute atomic E-state index is 0.0868. The quantitative estimate of drug-likeness (QED) is 0.840. The number of nitrogen functional groups attached to an aromatic ring is 1. The van der Waals surface area contributed by atoms with E-state index in [0.29, 0.717) is 15.8 Å². The number of hydrogen-bond donors (Lipinski definition) is 2. The number of aromatic nitrogens is 1. The van der Waals surface area contributed by atoms with Crippen LogP contribution in [0.4, 0.5) is 11.4 Å². The molecule has 2 aromatic rings. The number of nitrogens with one attached hydrogen (secondary N) is 1. The van der Waals surface area contributed by atoms with Gasteiger partial charge in [0.1, 0.15) is 4.90 Å². The average Bonchev–Trinajstić information content (AvgIpc) is 2.33. The first-order valence-electron chi connectivity index (χ1n) is 5.38. The Balaban J connectivity index is 2.39. The second-order valence-electron chi connectivity index (χ2n) is 4.02. The second-order valence-corrected chi connectivity index (χ2v) is 6.62. The fourth-order valence-electron chi connectivity index (χ4n) is 1.49. The Morgan fingerprint density at radius 3 is 2.68 bits per heavy atom. The Morgan fingerprint density at radius 1 is 1.26 bits per heavy atom. The normalized spacial score (nSPS) is 11.3. The molecule has 0 saturated carbocycles. The van der Waals surface area contributed by atoms with Crippen molar-refractivity contribution in [2.24, 2.45) is 0 Å². The SMILES string of the molecule is Cc1ccc(N)cc1NS(=O)(=O)c1cncc(Br)c1. The first-order chi connectivity index (χ1) is 8.88. The minimum Gasteiger partial charge on any atom is -0.399 e. The number of pyridine rings is 1. The third-order valence-corrected chi connectivity index (χ3v) is 4.26. The van der Waals surface area contributed by atoms with Gasteiger partial charge < -0.3 is 5.73 Å². The highest BCUT2D eigenvalue weighted by molar-refractivity contribution is 9.10. The van der Waals surface area contributed by atoms with Crippen LogP contribution in [0.3, 0.4) is 0 Å². The van der Waals surface area contributed by atoms with Gasteiger partial charge in [0.05, 0.1) is 5.69 Å². The standard InChI is InChI=1S/C12H12BrN3O2S/c1-8-2-3-10(14)5-12(8)16-19(17,18)11-4-9(13)6-15-7-11/h2-7,16H,14H2,1H3. The molecular weight excluding hydrogens is 330 g/mol. The molecule has 0 amide bonds. The summed E-state index contributed by atoms with van der Waals surface area (Å²) in [5.74, 6) is 0. The molecule has 0 aliphatic heterocycles. The van der Waals surface area contributed by atoms with Gasteiger partial charge in [-0.25, -0.2) is 8.42 Å². The van der Waals surface area contributed by atoms with E-state index in [1.807, 2.05) is 0 Å². The Bertz CT molecular complexity index is 717. The van der Waals surface area contributed by atoms with Crippen molar-refractivity contribution < 1.29 is 8.42 Å². The summed E-state index contributed by atoms with van der Waals surface area (Å²) in [6.45, 7) is 1.80. The topological polar surface area (TPSA) is 85.1 Å². The van der Waals surface area contributed by atoms with E-state index in [2.05, 4.69) is 25.6 Å². The fourth-order valence-corrected chi connectivity index (χ4v) is 3.12. The summed E-state index contributed by atoms with van der Waals surface area (Å²) in [5.41, 5.74) is 7.40. The molecule has 1 aromatic heterocycles. The molecule has 0 aliphatic carbocycles. The van der Waals surface area contributed by atoms with Gasteiger partial charge in [-0.2, -0.15) is 0 Å². The number of sulfonamides is 1. The summed E-state index contributed by atoms with van der Waals surface area (Å²) in [4.78, 5) is 3.93. The van der Waals surface area contributed by atoms with Gasteiger partial charge in [0, 0.05) is 22.6 Å². The molecule has 0 bridgehead atoms. The number of nitrogens with two attached hydrogens (primary N) is 1. The van der Waals surface area contributed by atoms with E-state index in [0.717, 1.165) is 5.56 Å². The summed E-state index contributed by atoms with van der Waals surface area (Å²) in [5, 5.41) is 0. The number of hydrogen-bond acceptors (Lipinski definition) is 4. The zero-order valence-electron chi connectivity index (χ0n) is 10.1. The van der Waals surface area contributed by atoms with E-state index in [-0.39, 0.29) is 4.90 Å². The lowest BCUT2D eigenvalue weighted by molar-refractivity contribution is 0.600. The van der Waals surface area contributed by atoms with Crippen LogP contribution >= 0.6 is 15.9 Å². The lowest BCUT2D eigenvalue weighted by Crippen LogP contribution is -2.14. The van der Waals surface area contributed by atoms with Gasteiger partial charge in [0.2, 0.25) is 0 Å². The van der Waals surface area contributed by atoms with Crippen LogP contribution in [0.5, 0.6) is 0 Å².